The van der Waals surface area contributed by atoms with E-state index >= 15 is 0 Å². The molecule has 0 amide bonds. The van der Waals surface area contributed by atoms with E-state index in [1.165, 1.54) is 4.88 Å². The number of rotatable bonds is 6. The standard InChI is InChI=1S/C14H14BrNO2S/c15-11-8-13(19-10-11)9-16(7-6-14(17)18)12-4-2-1-3-5-12/h1-5,8,10H,6-7,9H2,(H,17,18). The van der Waals surface area contributed by atoms with E-state index in [0.717, 1.165) is 16.7 Å². The molecule has 0 radical (unpaired) electrons. The summed E-state index contributed by atoms with van der Waals surface area (Å²) in [5.41, 5.74) is 1.05. The van der Waals surface area contributed by atoms with Gasteiger partial charge in [0, 0.05) is 27.0 Å². The molecule has 100 valence electrons. The van der Waals surface area contributed by atoms with Crippen molar-refractivity contribution in [3.63, 3.8) is 0 Å². The van der Waals surface area contributed by atoms with Gasteiger partial charge in [-0.2, -0.15) is 0 Å². The summed E-state index contributed by atoms with van der Waals surface area (Å²) in [6, 6.07) is 12.0. The van der Waals surface area contributed by atoms with Gasteiger partial charge in [-0.15, -0.1) is 11.3 Å². The number of thiophene rings is 1. The Hall–Kier alpha value is -1.33. The number of carboxylic acid groups (broad SMARTS) is 1. The first-order valence-electron chi connectivity index (χ1n) is 5.90. The lowest BCUT2D eigenvalue weighted by atomic mass is 10.2. The fraction of sp³-hybridized carbons (Fsp3) is 0.214. The number of aliphatic carboxylic acids is 1. The molecular weight excluding hydrogens is 326 g/mol. The smallest absolute Gasteiger partial charge is 0.305 e. The highest BCUT2D eigenvalue weighted by Gasteiger charge is 2.10. The lowest BCUT2D eigenvalue weighted by Gasteiger charge is -2.23. The SMILES string of the molecule is O=C(O)CCN(Cc1cc(Br)cs1)c1ccccc1. The Morgan fingerprint density at radius 2 is 2.05 bits per heavy atom. The Kier molecular flexibility index (Phi) is 4.99. The number of benzene rings is 1. The summed E-state index contributed by atoms with van der Waals surface area (Å²) >= 11 is 5.11. The van der Waals surface area contributed by atoms with Crippen LogP contribution in [0.25, 0.3) is 0 Å². The molecule has 19 heavy (non-hydrogen) atoms. The molecular formula is C14H14BrNO2S. The van der Waals surface area contributed by atoms with Crippen molar-refractivity contribution in [2.75, 3.05) is 11.4 Å². The molecule has 1 aromatic heterocycles. The van der Waals surface area contributed by atoms with Crippen LogP contribution in [0, 0.1) is 0 Å². The molecule has 0 aliphatic heterocycles. The van der Waals surface area contributed by atoms with Crippen LogP contribution in [0.2, 0.25) is 0 Å². The number of nitrogens with zero attached hydrogens (tertiary/aromatic N) is 1. The third-order valence-corrected chi connectivity index (χ3v) is 4.37. The van der Waals surface area contributed by atoms with Crippen molar-refractivity contribution in [1.29, 1.82) is 0 Å². The summed E-state index contributed by atoms with van der Waals surface area (Å²) in [5, 5.41) is 10.9. The second kappa shape index (κ2) is 6.73. The maximum Gasteiger partial charge on any atom is 0.305 e. The van der Waals surface area contributed by atoms with Crippen LogP contribution in [0.1, 0.15) is 11.3 Å². The van der Waals surface area contributed by atoms with Gasteiger partial charge in [-0.1, -0.05) is 18.2 Å². The highest BCUT2D eigenvalue weighted by molar-refractivity contribution is 9.10. The van der Waals surface area contributed by atoms with Crippen molar-refractivity contribution < 1.29 is 9.90 Å². The van der Waals surface area contributed by atoms with E-state index in [0.29, 0.717) is 6.54 Å². The van der Waals surface area contributed by atoms with Gasteiger partial charge < -0.3 is 10.0 Å². The summed E-state index contributed by atoms with van der Waals surface area (Å²) < 4.78 is 1.07. The fourth-order valence-electron chi connectivity index (χ4n) is 1.79. The van der Waals surface area contributed by atoms with Crippen molar-refractivity contribution in [1.82, 2.24) is 0 Å². The summed E-state index contributed by atoms with van der Waals surface area (Å²) in [5.74, 6) is -0.770. The van der Waals surface area contributed by atoms with Crippen molar-refractivity contribution in [3.8, 4) is 0 Å². The predicted octanol–water partition coefficient (Wildman–Crippen LogP) is 3.99. The molecule has 0 spiro atoms. The summed E-state index contributed by atoms with van der Waals surface area (Å²) in [4.78, 5) is 14.1. The molecule has 0 aliphatic rings. The third kappa shape index (κ3) is 4.36. The zero-order valence-electron chi connectivity index (χ0n) is 10.3. The molecule has 0 atom stereocenters. The first kappa shape index (κ1) is 14.1. The normalized spacial score (nSPS) is 10.4. The summed E-state index contributed by atoms with van der Waals surface area (Å²) in [6.45, 7) is 1.24. The Bertz CT molecular complexity index is 541. The molecule has 2 rings (SSSR count). The van der Waals surface area contributed by atoms with E-state index in [1.54, 1.807) is 11.3 Å². The maximum absolute atomic E-state index is 10.8. The van der Waals surface area contributed by atoms with Crippen LogP contribution in [-0.2, 0) is 11.3 Å². The number of hydrogen-bond acceptors (Lipinski definition) is 3. The van der Waals surface area contributed by atoms with Crippen molar-refractivity contribution in [3.05, 3.63) is 51.1 Å². The number of anilines is 1. The number of carboxylic acids is 1. The van der Waals surface area contributed by atoms with Crippen LogP contribution in [-0.4, -0.2) is 17.6 Å². The molecule has 0 aliphatic carbocycles. The Morgan fingerprint density at radius 3 is 2.63 bits per heavy atom. The summed E-state index contributed by atoms with van der Waals surface area (Å²) in [6.07, 6.45) is 0.140. The minimum atomic E-state index is -0.770. The van der Waals surface area contributed by atoms with Gasteiger partial charge in [-0.3, -0.25) is 4.79 Å². The van der Waals surface area contributed by atoms with Crippen LogP contribution in [0.15, 0.2) is 46.3 Å². The van der Waals surface area contributed by atoms with E-state index in [1.807, 2.05) is 35.7 Å². The molecule has 0 bridgehead atoms. The molecule has 1 aromatic carbocycles. The van der Waals surface area contributed by atoms with E-state index in [4.69, 9.17) is 5.11 Å². The van der Waals surface area contributed by atoms with Crippen LogP contribution >= 0.6 is 27.3 Å². The fourth-order valence-corrected chi connectivity index (χ4v) is 3.26. The average Bonchev–Trinajstić information content (AvgIpc) is 2.81. The minimum absolute atomic E-state index is 0.140. The van der Waals surface area contributed by atoms with Crippen molar-refractivity contribution >= 4 is 38.9 Å². The highest BCUT2D eigenvalue weighted by Crippen LogP contribution is 2.24. The van der Waals surface area contributed by atoms with Crippen LogP contribution in [0.3, 0.4) is 0 Å². The highest BCUT2D eigenvalue weighted by atomic mass is 79.9. The van der Waals surface area contributed by atoms with Gasteiger partial charge in [0.05, 0.1) is 13.0 Å². The summed E-state index contributed by atoms with van der Waals surface area (Å²) in [7, 11) is 0. The second-order valence-corrected chi connectivity index (χ2v) is 6.04. The molecule has 0 fully saturated rings. The third-order valence-electron chi connectivity index (χ3n) is 2.69. The van der Waals surface area contributed by atoms with Crippen LogP contribution < -0.4 is 4.90 Å². The number of halogens is 1. The average molecular weight is 340 g/mol. The van der Waals surface area contributed by atoms with Gasteiger partial charge in [0.25, 0.3) is 0 Å². The van der Waals surface area contributed by atoms with Gasteiger partial charge in [-0.05, 0) is 34.1 Å². The first-order chi connectivity index (χ1) is 9.15. The molecule has 2 aromatic rings. The number of para-hydroxylation sites is 1. The van der Waals surface area contributed by atoms with Gasteiger partial charge in [0.15, 0.2) is 0 Å². The molecule has 5 heteroatoms. The Balaban J connectivity index is 2.12. The molecule has 0 saturated carbocycles. The van der Waals surface area contributed by atoms with E-state index in [9.17, 15) is 4.79 Å². The minimum Gasteiger partial charge on any atom is -0.481 e. The molecule has 0 unspecified atom stereocenters. The van der Waals surface area contributed by atoms with E-state index in [2.05, 4.69) is 26.9 Å². The second-order valence-electron chi connectivity index (χ2n) is 4.13. The van der Waals surface area contributed by atoms with Crippen LogP contribution in [0.4, 0.5) is 5.69 Å². The maximum atomic E-state index is 10.8. The van der Waals surface area contributed by atoms with Crippen LogP contribution in [0.5, 0.6) is 0 Å². The zero-order chi connectivity index (χ0) is 13.7. The monoisotopic (exact) mass is 339 g/mol. The van der Waals surface area contributed by atoms with Gasteiger partial charge in [0.2, 0.25) is 0 Å². The van der Waals surface area contributed by atoms with Gasteiger partial charge in [0.1, 0.15) is 0 Å². The molecule has 1 N–H and O–H groups in total. The van der Waals surface area contributed by atoms with E-state index < -0.39 is 5.97 Å². The molecule has 1 heterocycles. The lowest BCUT2D eigenvalue weighted by Crippen LogP contribution is -2.25. The molecule has 0 saturated heterocycles. The zero-order valence-corrected chi connectivity index (χ0v) is 12.7. The van der Waals surface area contributed by atoms with Gasteiger partial charge >= 0.3 is 5.97 Å². The largest absolute Gasteiger partial charge is 0.481 e. The molecule has 3 nitrogen and oxygen atoms in total. The number of hydrogen-bond donors (Lipinski definition) is 1. The topological polar surface area (TPSA) is 40.5 Å². The lowest BCUT2D eigenvalue weighted by molar-refractivity contribution is -0.136. The predicted molar refractivity (Wildman–Crippen MR) is 81.8 cm³/mol. The van der Waals surface area contributed by atoms with Crippen molar-refractivity contribution in [2.24, 2.45) is 0 Å². The first-order valence-corrected chi connectivity index (χ1v) is 7.57. The number of carbonyl (C=O) groups is 1. The quantitative estimate of drug-likeness (QED) is 0.864. The van der Waals surface area contributed by atoms with Gasteiger partial charge in [-0.25, -0.2) is 0 Å². The van der Waals surface area contributed by atoms with Crippen molar-refractivity contribution in [2.45, 2.75) is 13.0 Å². The Morgan fingerprint density at radius 1 is 1.32 bits per heavy atom. The van der Waals surface area contributed by atoms with E-state index in [-0.39, 0.29) is 6.42 Å². The Labute approximate surface area is 124 Å².